The molecule has 1 aliphatic rings. The van der Waals surface area contributed by atoms with Gasteiger partial charge in [0, 0.05) is 46.5 Å². The van der Waals surface area contributed by atoms with E-state index in [9.17, 15) is 4.79 Å². The number of nitrogens with zero attached hydrogens (tertiary/aromatic N) is 3. The summed E-state index contributed by atoms with van der Waals surface area (Å²) in [6.45, 7) is 0.393. The van der Waals surface area contributed by atoms with Crippen LogP contribution in [-0.2, 0) is 6.54 Å². The molecule has 0 radical (unpaired) electrons. The number of hydrogen-bond donors (Lipinski definition) is 0. The van der Waals surface area contributed by atoms with E-state index in [1.807, 2.05) is 133 Å². The molecule has 5 nitrogen and oxygen atoms in total. The lowest BCUT2D eigenvalue weighted by Crippen LogP contribution is -2.40. The molecule has 242 valence electrons. The molecule has 1 unspecified atom stereocenters. The van der Waals surface area contributed by atoms with Crippen molar-refractivity contribution in [3.05, 3.63) is 211 Å². The van der Waals surface area contributed by atoms with Crippen LogP contribution in [0.1, 0.15) is 32.7 Å². The van der Waals surface area contributed by atoms with Crippen molar-refractivity contribution >= 4 is 40.3 Å². The summed E-state index contributed by atoms with van der Waals surface area (Å²) in [7, 11) is 0. The van der Waals surface area contributed by atoms with Crippen molar-refractivity contribution in [1.82, 2.24) is 0 Å². The van der Waals surface area contributed by atoms with Crippen LogP contribution in [0.15, 0.2) is 182 Å². The normalized spacial score (nSPS) is 13.2. The van der Waals surface area contributed by atoms with Gasteiger partial charge in [0.1, 0.15) is 0 Å². The number of amides is 2. The lowest BCUT2D eigenvalue weighted by Gasteiger charge is -2.31. The summed E-state index contributed by atoms with van der Waals surface area (Å²) in [4.78, 5) is 35.4. The summed E-state index contributed by atoms with van der Waals surface area (Å²) in [5.41, 5.74) is 5.78. The topological polar surface area (TPSA) is 43.9 Å². The minimum atomic E-state index is -0.234. The number of carbonyl (C=O) groups excluding carboxylic acids is 2. The Labute approximate surface area is 293 Å². The Kier molecular flexibility index (Phi) is 9.62. The van der Waals surface area contributed by atoms with E-state index in [-0.39, 0.29) is 17.9 Å². The van der Waals surface area contributed by atoms with Crippen LogP contribution in [0.4, 0.5) is 28.4 Å². The zero-order valence-corrected chi connectivity index (χ0v) is 27.5. The van der Waals surface area contributed by atoms with Gasteiger partial charge in [-0.05, 0) is 84.8 Å². The van der Waals surface area contributed by atoms with Gasteiger partial charge in [0.2, 0.25) is 0 Å². The molecule has 0 bridgehead atoms. The van der Waals surface area contributed by atoms with E-state index in [4.69, 9.17) is 0 Å². The minimum Gasteiger partial charge on any atom is -0.337 e. The predicted octanol–water partition coefficient (Wildman–Crippen LogP) is 10.1. The van der Waals surface area contributed by atoms with Crippen molar-refractivity contribution in [3.8, 4) is 0 Å². The summed E-state index contributed by atoms with van der Waals surface area (Å²) in [5.74, 6) is -0.438. The highest BCUT2D eigenvalue weighted by Gasteiger charge is 2.29. The van der Waals surface area contributed by atoms with Gasteiger partial charge in [-0.3, -0.25) is 14.5 Å². The second-order valence-electron chi connectivity index (χ2n) is 11.9. The molecule has 0 aromatic heterocycles. The van der Waals surface area contributed by atoms with Crippen molar-refractivity contribution < 1.29 is 9.59 Å². The first-order valence-corrected chi connectivity index (χ1v) is 16.7. The number of para-hydroxylation sites is 4. The van der Waals surface area contributed by atoms with Gasteiger partial charge in [0.15, 0.2) is 0 Å². The molecule has 1 atom stereocenters. The summed E-state index contributed by atoms with van der Waals surface area (Å²) in [5, 5.41) is 0. The first-order chi connectivity index (χ1) is 24.7. The Morgan fingerprint density at radius 3 is 1.70 bits per heavy atom. The number of anilines is 5. The van der Waals surface area contributed by atoms with Crippen LogP contribution in [0.2, 0.25) is 0 Å². The van der Waals surface area contributed by atoms with Crippen LogP contribution in [-0.4, -0.2) is 17.9 Å². The third kappa shape index (κ3) is 6.96. The molecule has 1 aliphatic carbocycles. The maximum atomic E-state index is 15.1. The second kappa shape index (κ2) is 15.1. The number of allylic oxidation sites excluding steroid dienone is 2. The highest BCUT2D eigenvalue weighted by molar-refractivity contribution is 6.14. The van der Waals surface area contributed by atoms with E-state index in [0.717, 1.165) is 28.3 Å². The average molecular weight is 650 g/mol. The van der Waals surface area contributed by atoms with Crippen molar-refractivity contribution in [2.45, 2.75) is 19.0 Å². The van der Waals surface area contributed by atoms with Gasteiger partial charge in [-0.2, -0.15) is 0 Å². The van der Waals surface area contributed by atoms with Gasteiger partial charge in [0.25, 0.3) is 11.8 Å². The highest BCUT2D eigenvalue weighted by atomic mass is 16.2. The van der Waals surface area contributed by atoms with Gasteiger partial charge in [-0.1, -0.05) is 115 Å². The van der Waals surface area contributed by atoms with Crippen LogP contribution >= 0.6 is 0 Å². The molecule has 6 aromatic rings. The van der Waals surface area contributed by atoms with E-state index >= 15 is 4.79 Å². The van der Waals surface area contributed by atoms with E-state index < -0.39 is 0 Å². The third-order valence-corrected chi connectivity index (χ3v) is 8.71. The molecule has 6 aromatic carbocycles. The van der Waals surface area contributed by atoms with Crippen LogP contribution in [0.5, 0.6) is 0 Å². The zero-order valence-electron chi connectivity index (χ0n) is 27.5. The van der Waals surface area contributed by atoms with E-state index in [0.29, 0.717) is 29.8 Å². The van der Waals surface area contributed by atoms with Crippen LogP contribution in [0.25, 0.3) is 0 Å². The fourth-order valence-electron chi connectivity index (χ4n) is 6.27. The molecular weight excluding hydrogens is 615 g/mol. The zero-order chi connectivity index (χ0) is 34.1. The molecule has 0 saturated heterocycles. The smallest absolute Gasteiger partial charge is 0.263 e. The average Bonchev–Trinajstić information content (AvgIpc) is 3.19. The summed E-state index contributed by atoms with van der Waals surface area (Å²) in [6, 6.07) is 56.2. The standard InChI is InChI=1S/C45H35N3O2/c49-44(47(39-23-11-3-12-24-39)40-25-13-4-14-26-40)35-31-32-36(34-46(37-19-7-1-8-20-37)38-21-9-2-10-22-38)43(33-35)45(50)48(41-27-15-5-16-28-41)42-29-17-6-18-30-42/h1-3,5-13,15-23,25-33,39H,24,34H2. The summed E-state index contributed by atoms with van der Waals surface area (Å²) >= 11 is 0. The number of carbonyl (C=O) groups is 2. The third-order valence-electron chi connectivity index (χ3n) is 8.71. The second-order valence-corrected chi connectivity index (χ2v) is 11.9. The lowest BCUT2D eigenvalue weighted by molar-refractivity contribution is 0.0981. The van der Waals surface area contributed by atoms with E-state index in [1.54, 1.807) is 28.0 Å². The van der Waals surface area contributed by atoms with Gasteiger partial charge in [0.05, 0.1) is 11.7 Å². The molecule has 50 heavy (non-hydrogen) atoms. The van der Waals surface area contributed by atoms with Crippen molar-refractivity contribution in [2.75, 3.05) is 14.7 Å². The van der Waals surface area contributed by atoms with Crippen LogP contribution in [0.3, 0.4) is 0 Å². The molecule has 0 saturated carbocycles. The number of hydrogen-bond acceptors (Lipinski definition) is 3. The maximum absolute atomic E-state index is 15.1. The number of benzene rings is 5. The van der Waals surface area contributed by atoms with E-state index in [1.165, 1.54) is 0 Å². The van der Waals surface area contributed by atoms with Gasteiger partial charge < -0.3 is 9.80 Å². The Bertz CT molecular complexity index is 2020. The quantitative estimate of drug-likeness (QED) is 0.148. The van der Waals surface area contributed by atoms with Crippen LogP contribution < -0.4 is 14.7 Å². The lowest BCUT2D eigenvalue weighted by atomic mass is 9.98. The monoisotopic (exact) mass is 649 g/mol. The Hall–Kier alpha value is -6.64. The Morgan fingerprint density at radius 1 is 0.600 bits per heavy atom. The van der Waals surface area contributed by atoms with Crippen molar-refractivity contribution in [1.29, 1.82) is 0 Å². The predicted molar refractivity (Wildman–Crippen MR) is 202 cm³/mol. The molecule has 5 heteroatoms. The van der Waals surface area contributed by atoms with Crippen molar-refractivity contribution in [2.24, 2.45) is 0 Å². The number of rotatable bonds is 10. The molecule has 0 N–H and O–H groups in total. The van der Waals surface area contributed by atoms with Gasteiger partial charge in [-0.15, -0.1) is 0 Å². The molecule has 0 fully saturated rings. The maximum Gasteiger partial charge on any atom is 0.263 e. The van der Waals surface area contributed by atoms with Crippen LogP contribution in [0, 0.1) is 12.1 Å². The largest absolute Gasteiger partial charge is 0.337 e. The van der Waals surface area contributed by atoms with E-state index in [2.05, 4.69) is 47.4 Å². The summed E-state index contributed by atoms with van der Waals surface area (Å²) < 4.78 is 0. The molecule has 2 amide bonds. The minimum absolute atomic E-state index is 0.195. The fraction of sp³-hybridized carbons (Fsp3) is 0.0667. The Morgan fingerprint density at radius 2 is 1.18 bits per heavy atom. The SMILES string of the molecule is O=C(c1cc(C(=O)N(c2cc#ccc2)C2C=CC=CC2)ccc1CN(c1ccccc1)c1ccccc1)N(c1ccccc1)c1ccccc1. The molecule has 0 spiro atoms. The molecule has 0 aliphatic heterocycles. The molecule has 7 rings (SSSR count). The fourth-order valence-corrected chi connectivity index (χ4v) is 6.27. The van der Waals surface area contributed by atoms with Gasteiger partial charge >= 0.3 is 0 Å². The first-order valence-electron chi connectivity index (χ1n) is 16.7. The Balaban J connectivity index is 1.37. The van der Waals surface area contributed by atoms with Gasteiger partial charge in [-0.25, -0.2) is 0 Å². The summed E-state index contributed by atoms with van der Waals surface area (Å²) in [6.07, 6.45) is 8.71. The van der Waals surface area contributed by atoms with Crippen molar-refractivity contribution in [3.63, 3.8) is 0 Å². The molecular formula is C45H35N3O2. The highest BCUT2D eigenvalue weighted by Crippen LogP contribution is 2.33. The molecule has 0 heterocycles. The first kappa shape index (κ1) is 31.9.